The molecule has 1 aliphatic rings. The average molecular weight is 243 g/mol. The van der Waals surface area contributed by atoms with Crippen molar-refractivity contribution in [2.45, 2.75) is 31.8 Å². The number of nitrogens with one attached hydrogen (secondary N) is 2. The molecule has 2 aromatic rings. The van der Waals surface area contributed by atoms with Gasteiger partial charge < -0.3 is 10.4 Å². The van der Waals surface area contributed by atoms with Crippen LogP contribution in [0.4, 0.5) is 0 Å². The first-order valence-electron chi connectivity index (χ1n) is 6.36. The number of rotatable bonds is 3. The highest BCUT2D eigenvalue weighted by Crippen LogP contribution is 2.32. The Hall–Kier alpha value is -1.81. The summed E-state index contributed by atoms with van der Waals surface area (Å²) in [6.07, 6.45) is 7.16. The maximum atomic E-state index is 9.62. The fourth-order valence-electron chi connectivity index (χ4n) is 2.61. The van der Waals surface area contributed by atoms with Crippen LogP contribution in [0.1, 0.15) is 35.6 Å². The fraction of sp³-hybridized carbons (Fsp3) is 0.357. The minimum absolute atomic E-state index is 0.329. The number of phenolic OH excluding ortho intramolecular Hbond substituents is 1. The minimum atomic E-state index is 0.329. The van der Waals surface area contributed by atoms with Crippen LogP contribution in [0.2, 0.25) is 0 Å². The van der Waals surface area contributed by atoms with Crippen molar-refractivity contribution in [2.24, 2.45) is 0 Å². The van der Waals surface area contributed by atoms with E-state index < -0.39 is 0 Å². The lowest BCUT2D eigenvalue weighted by atomic mass is 9.87. The molecule has 0 fully saturated rings. The van der Waals surface area contributed by atoms with Crippen LogP contribution in [0.5, 0.6) is 5.75 Å². The number of aromatic hydroxyl groups is 1. The van der Waals surface area contributed by atoms with Gasteiger partial charge in [-0.25, -0.2) is 0 Å². The van der Waals surface area contributed by atoms with E-state index in [4.69, 9.17) is 0 Å². The normalized spacial score (nSPS) is 18.6. The lowest BCUT2D eigenvalue weighted by molar-refractivity contribution is 0.446. The van der Waals surface area contributed by atoms with E-state index in [1.165, 1.54) is 17.5 Å². The van der Waals surface area contributed by atoms with E-state index in [2.05, 4.69) is 15.5 Å². The second-order valence-electron chi connectivity index (χ2n) is 4.82. The molecule has 0 spiro atoms. The van der Waals surface area contributed by atoms with E-state index in [1.54, 1.807) is 6.07 Å². The van der Waals surface area contributed by atoms with E-state index in [0.29, 0.717) is 11.8 Å². The van der Waals surface area contributed by atoms with Crippen LogP contribution in [0.15, 0.2) is 30.6 Å². The maximum absolute atomic E-state index is 9.62. The van der Waals surface area contributed by atoms with Gasteiger partial charge in [-0.15, -0.1) is 0 Å². The number of aryl methyl sites for hydroxylation is 1. The van der Waals surface area contributed by atoms with Crippen molar-refractivity contribution in [3.05, 3.63) is 47.3 Å². The third kappa shape index (κ3) is 2.24. The van der Waals surface area contributed by atoms with Crippen molar-refractivity contribution >= 4 is 0 Å². The van der Waals surface area contributed by atoms with Crippen LogP contribution in [-0.4, -0.2) is 15.3 Å². The van der Waals surface area contributed by atoms with E-state index in [0.717, 1.165) is 24.9 Å². The standard InChI is InChI=1S/C14H17N3O/c18-12-5-4-11-2-1-3-14(13(11)6-12)15-7-10-8-16-17-9-10/h4-6,8-9,14-15,18H,1-3,7H2,(H,16,17). The molecule has 1 aliphatic carbocycles. The van der Waals surface area contributed by atoms with Crippen molar-refractivity contribution in [2.75, 3.05) is 0 Å². The van der Waals surface area contributed by atoms with Gasteiger partial charge in [0, 0.05) is 24.3 Å². The topological polar surface area (TPSA) is 60.9 Å². The molecule has 1 unspecified atom stereocenters. The van der Waals surface area contributed by atoms with Crippen molar-refractivity contribution < 1.29 is 5.11 Å². The number of benzene rings is 1. The summed E-state index contributed by atoms with van der Waals surface area (Å²) in [4.78, 5) is 0. The number of fused-ring (bicyclic) bond motifs is 1. The summed E-state index contributed by atoms with van der Waals surface area (Å²) in [5.41, 5.74) is 3.75. The van der Waals surface area contributed by atoms with Gasteiger partial charge in [0.05, 0.1) is 6.20 Å². The van der Waals surface area contributed by atoms with Gasteiger partial charge in [0.1, 0.15) is 5.75 Å². The molecule has 3 rings (SSSR count). The van der Waals surface area contributed by atoms with Crippen LogP contribution in [-0.2, 0) is 13.0 Å². The van der Waals surface area contributed by atoms with Gasteiger partial charge in [-0.05, 0) is 42.5 Å². The molecule has 1 aromatic heterocycles. The molecule has 18 heavy (non-hydrogen) atoms. The van der Waals surface area contributed by atoms with Gasteiger partial charge in [0.2, 0.25) is 0 Å². The van der Waals surface area contributed by atoms with Gasteiger partial charge in [0.25, 0.3) is 0 Å². The zero-order chi connectivity index (χ0) is 12.4. The lowest BCUT2D eigenvalue weighted by Crippen LogP contribution is -2.24. The van der Waals surface area contributed by atoms with Crippen molar-refractivity contribution in [3.63, 3.8) is 0 Å². The number of aromatic nitrogens is 2. The van der Waals surface area contributed by atoms with Gasteiger partial charge >= 0.3 is 0 Å². The summed E-state index contributed by atoms with van der Waals surface area (Å²) in [6, 6.07) is 6.03. The zero-order valence-corrected chi connectivity index (χ0v) is 10.2. The first-order chi connectivity index (χ1) is 8.83. The molecule has 4 heteroatoms. The fourth-order valence-corrected chi connectivity index (χ4v) is 2.61. The lowest BCUT2D eigenvalue weighted by Gasteiger charge is -2.26. The summed E-state index contributed by atoms with van der Waals surface area (Å²) >= 11 is 0. The Morgan fingerprint density at radius 3 is 3.22 bits per heavy atom. The van der Waals surface area contributed by atoms with Gasteiger partial charge in [-0.3, -0.25) is 5.10 Å². The SMILES string of the molecule is Oc1ccc2c(c1)C(NCc1cn[nH]c1)CCC2. The molecular formula is C14H17N3O. The molecule has 0 amide bonds. The predicted molar refractivity (Wildman–Crippen MR) is 69.2 cm³/mol. The van der Waals surface area contributed by atoms with Gasteiger partial charge in [-0.1, -0.05) is 6.07 Å². The van der Waals surface area contributed by atoms with Crippen LogP contribution in [0.25, 0.3) is 0 Å². The highest BCUT2D eigenvalue weighted by atomic mass is 16.3. The quantitative estimate of drug-likeness (QED) is 0.775. The first-order valence-corrected chi connectivity index (χ1v) is 6.36. The molecule has 94 valence electrons. The van der Waals surface area contributed by atoms with Crippen molar-refractivity contribution in [1.82, 2.24) is 15.5 Å². The molecule has 4 nitrogen and oxygen atoms in total. The Balaban J connectivity index is 1.76. The van der Waals surface area contributed by atoms with Crippen LogP contribution in [0.3, 0.4) is 0 Å². The summed E-state index contributed by atoms with van der Waals surface area (Å²) in [5, 5.41) is 19.9. The van der Waals surface area contributed by atoms with E-state index in [9.17, 15) is 5.11 Å². The minimum Gasteiger partial charge on any atom is -0.508 e. The molecule has 1 heterocycles. The van der Waals surface area contributed by atoms with E-state index in [-0.39, 0.29) is 0 Å². The molecule has 1 aromatic carbocycles. The summed E-state index contributed by atoms with van der Waals surface area (Å²) in [6.45, 7) is 0.802. The molecule has 0 saturated carbocycles. The first kappa shape index (κ1) is 11.3. The number of nitrogens with zero attached hydrogens (tertiary/aromatic N) is 1. The summed E-state index contributed by atoms with van der Waals surface area (Å²) < 4.78 is 0. The highest BCUT2D eigenvalue weighted by molar-refractivity contribution is 5.38. The number of aromatic amines is 1. The van der Waals surface area contributed by atoms with Gasteiger partial charge in [-0.2, -0.15) is 5.10 Å². The second-order valence-corrected chi connectivity index (χ2v) is 4.82. The summed E-state index contributed by atoms with van der Waals surface area (Å²) in [7, 11) is 0. The van der Waals surface area contributed by atoms with Gasteiger partial charge in [0.15, 0.2) is 0 Å². The second kappa shape index (κ2) is 4.82. The molecule has 1 atom stereocenters. The monoisotopic (exact) mass is 243 g/mol. The Morgan fingerprint density at radius 2 is 2.39 bits per heavy atom. The average Bonchev–Trinajstić information content (AvgIpc) is 2.89. The van der Waals surface area contributed by atoms with Crippen LogP contribution in [0, 0.1) is 0 Å². The smallest absolute Gasteiger partial charge is 0.115 e. The Bertz CT molecular complexity index is 522. The number of H-pyrrole nitrogens is 1. The third-order valence-corrected chi connectivity index (χ3v) is 3.55. The third-order valence-electron chi connectivity index (χ3n) is 3.55. The highest BCUT2D eigenvalue weighted by Gasteiger charge is 2.20. The van der Waals surface area contributed by atoms with Crippen molar-refractivity contribution in [1.29, 1.82) is 0 Å². The predicted octanol–water partition coefficient (Wildman–Crippen LogP) is 2.28. The molecule has 0 bridgehead atoms. The van der Waals surface area contributed by atoms with Crippen LogP contribution < -0.4 is 5.32 Å². The Kier molecular flexibility index (Phi) is 3.02. The Morgan fingerprint density at radius 1 is 1.44 bits per heavy atom. The molecule has 0 aliphatic heterocycles. The largest absolute Gasteiger partial charge is 0.508 e. The molecular weight excluding hydrogens is 226 g/mol. The number of phenols is 1. The molecule has 3 N–H and O–H groups in total. The maximum Gasteiger partial charge on any atom is 0.115 e. The van der Waals surface area contributed by atoms with Crippen molar-refractivity contribution in [3.8, 4) is 5.75 Å². The molecule has 0 radical (unpaired) electrons. The van der Waals surface area contributed by atoms with E-state index >= 15 is 0 Å². The van der Waals surface area contributed by atoms with E-state index in [1.807, 2.05) is 24.5 Å². The number of hydrogen-bond donors (Lipinski definition) is 3. The summed E-state index contributed by atoms with van der Waals surface area (Å²) in [5.74, 6) is 0.353. The number of hydrogen-bond acceptors (Lipinski definition) is 3. The molecule has 0 saturated heterocycles. The zero-order valence-electron chi connectivity index (χ0n) is 10.2. The Labute approximate surface area is 106 Å². The van der Waals surface area contributed by atoms with Crippen LogP contribution >= 0.6 is 0 Å².